The SMILES string of the molecule is Nc1nc(N2CCC(N3C[C@H](CO)OC[C@@H]3Cc3ccc(Cl)cc3)CC2)n[nH]1. The number of aliphatic hydroxyl groups is 1. The number of morpholine rings is 1. The molecule has 0 amide bonds. The number of benzene rings is 1. The second-order valence-electron chi connectivity index (χ2n) is 7.56. The normalized spacial score (nSPS) is 24.6. The van der Waals surface area contributed by atoms with E-state index in [1.807, 2.05) is 12.1 Å². The van der Waals surface area contributed by atoms with Gasteiger partial charge in [-0.15, -0.1) is 5.10 Å². The number of aromatic nitrogens is 3. The Hall–Kier alpha value is -1.87. The zero-order chi connectivity index (χ0) is 19.5. The van der Waals surface area contributed by atoms with E-state index in [1.165, 1.54) is 5.56 Å². The molecule has 0 unspecified atom stereocenters. The largest absolute Gasteiger partial charge is 0.394 e. The molecule has 28 heavy (non-hydrogen) atoms. The van der Waals surface area contributed by atoms with Crippen molar-refractivity contribution in [3.63, 3.8) is 0 Å². The van der Waals surface area contributed by atoms with E-state index in [2.05, 4.69) is 37.1 Å². The number of ether oxygens (including phenoxy) is 1. The molecule has 0 radical (unpaired) electrons. The summed E-state index contributed by atoms with van der Waals surface area (Å²) in [6, 6.07) is 8.76. The van der Waals surface area contributed by atoms with Gasteiger partial charge in [-0.3, -0.25) is 4.90 Å². The highest BCUT2D eigenvalue weighted by atomic mass is 35.5. The molecule has 2 aromatic rings. The van der Waals surface area contributed by atoms with Crippen LogP contribution in [0.15, 0.2) is 24.3 Å². The molecule has 4 rings (SSSR count). The number of halogens is 1. The maximum Gasteiger partial charge on any atom is 0.246 e. The van der Waals surface area contributed by atoms with Crippen LogP contribution in [0.3, 0.4) is 0 Å². The number of hydrogen-bond donors (Lipinski definition) is 3. The first kappa shape index (κ1) is 19.4. The van der Waals surface area contributed by atoms with Crippen molar-refractivity contribution in [2.75, 3.05) is 43.5 Å². The molecular formula is C19H27ClN6O2. The van der Waals surface area contributed by atoms with Crippen molar-refractivity contribution in [1.82, 2.24) is 20.1 Å². The molecule has 2 fully saturated rings. The summed E-state index contributed by atoms with van der Waals surface area (Å²) in [5, 5.41) is 17.2. The minimum atomic E-state index is -0.118. The van der Waals surface area contributed by atoms with Crippen molar-refractivity contribution >= 4 is 23.5 Å². The van der Waals surface area contributed by atoms with Crippen molar-refractivity contribution in [3.05, 3.63) is 34.9 Å². The lowest BCUT2D eigenvalue weighted by Gasteiger charge is -2.46. The molecule has 0 aliphatic carbocycles. The Morgan fingerprint density at radius 1 is 1.25 bits per heavy atom. The van der Waals surface area contributed by atoms with E-state index >= 15 is 0 Å². The highest BCUT2D eigenvalue weighted by Crippen LogP contribution is 2.26. The molecule has 2 aliphatic rings. The molecule has 8 nitrogen and oxygen atoms in total. The van der Waals surface area contributed by atoms with Gasteiger partial charge in [0.2, 0.25) is 11.9 Å². The number of nitrogen functional groups attached to an aromatic ring is 1. The predicted octanol–water partition coefficient (Wildman–Crippen LogP) is 1.31. The van der Waals surface area contributed by atoms with Crippen LogP contribution >= 0.6 is 11.6 Å². The van der Waals surface area contributed by atoms with Gasteiger partial charge in [0.1, 0.15) is 0 Å². The van der Waals surface area contributed by atoms with Gasteiger partial charge in [0.25, 0.3) is 0 Å². The molecule has 1 aromatic carbocycles. The fourth-order valence-corrected chi connectivity index (χ4v) is 4.34. The zero-order valence-corrected chi connectivity index (χ0v) is 16.6. The lowest BCUT2D eigenvalue weighted by atomic mass is 9.96. The quantitative estimate of drug-likeness (QED) is 0.687. The molecular weight excluding hydrogens is 380 g/mol. The van der Waals surface area contributed by atoms with Crippen LogP contribution in [0.25, 0.3) is 0 Å². The molecule has 0 saturated carbocycles. The number of nitrogens with two attached hydrogens (primary N) is 1. The lowest BCUT2D eigenvalue weighted by molar-refractivity contribution is -0.0979. The molecule has 4 N–H and O–H groups in total. The Morgan fingerprint density at radius 3 is 2.64 bits per heavy atom. The smallest absolute Gasteiger partial charge is 0.246 e. The molecule has 2 aliphatic heterocycles. The maximum atomic E-state index is 9.60. The van der Waals surface area contributed by atoms with Gasteiger partial charge in [-0.1, -0.05) is 23.7 Å². The number of aromatic amines is 1. The first-order chi connectivity index (χ1) is 13.6. The van der Waals surface area contributed by atoms with Crippen LogP contribution in [0.1, 0.15) is 18.4 Å². The van der Waals surface area contributed by atoms with Gasteiger partial charge >= 0.3 is 0 Å². The number of piperidine rings is 1. The third-order valence-electron chi connectivity index (χ3n) is 5.70. The Kier molecular flexibility index (Phi) is 6.01. The van der Waals surface area contributed by atoms with Crippen LogP contribution in [-0.2, 0) is 11.2 Å². The van der Waals surface area contributed by atoms with Crippen molar-refractivity contribution in [2.45, 2.75) is 37.5 Å². The summed E-state index contributed by atoms with van der Waals surface area (Å²) in [4.78, 5) is 8.93. The van der Waals surface area contributed by atoms with E-state index in [9.17, 15) is 5.11 Å². The van der Waals surface area contributed by atoms with E-state index in [0.717, 1.165) is 43.9 Å². The number of H-pyrrole nitrogens is 1. The number of nitrogens with zero attached hydrogens (tertiary/aromatic N) is 4. The summed E-state index contributed by atoms with van der Waals surface area (Å²) in [6.45, 7) is 3.21. The van der Waals surface area contributed by atoms with E-state index in [-0.39, 0.29) is 12.7 Å². The van der Waals surface area contributed by atoms with Crippen LogP contribution in [0.5, 0.6) is 0 Å². The summed E-state index contributed by atoms with van der Waals surface area (Å²) >= 11 is 6.02. The van der Waals surface area contributed by atoms with Crippen LogP contribution in [0, 0.1) is 0 Å². The van der Waals surface area contributed by atoms with Crippen LogP contribution < -0.4 is 10.6 Å². The Labute approximate surface area is 169 Å². The van der Waals surface area contributed by atoms with Gasteiger partial charge in [0.15, 0.2) is 0 Å². The van der Waals surface area contributed by atoms with E-state index < -0.39 is 0 Å². The second-order valence-corrected chi connectivity index (χ2v) is 7.99. The Balaban J connectivity index is 1.42. The van der Waals surface area contributed by atoms with E-state index in [1.54, 1.807) is 0 Å². The van der Waals surface area contributed by atoms with Crippen LogP contribution in [0.4, 0.5) is 11.9 Å². The maximum absolute atomic E-state index is 9.60. The van der Waals surface area contributed by atoms with Crippen molar-refractivity contribution in [3.8, 4) is 0 Å². The van der Waals surface area contributed by atoms with Gasteiger partial charge in [-0.25, -0.2) is 5.10 Å². The first-order valence-electron chi connectivity index (χ1n) is 9.78. The van der Waals surface area contributed by atoms with E-state index in [0.29, 0.717) is 30.6 Å². The van der Waals surface area contributed by atoms with Crippen LogP contribution in [0.2, 0.25) is 5.02 Å². The second kappa shape index (κ2) is 8.65. The molecule has 0 bridgehead atoms. The summed E-state index contributed by atoms with van der Waals surface area (Å²) in [5.74, 6) is 1.02. The summed E-state index contributed by atoms with van der Waals surface area (Å²) < 4.78 is 5.88. The minimum absolute atomic E-state index is 0.0550. The Bertz CT molecular complexity index is 762. The number of anilines is 2. The third kappa shape index (κ3) is 4.41. The van der Waals surface area contributed by atoms with Crippen molar-refractivity contribution in [2.24, 2.45) is 0 Å². The third-order valence-corrected chi connectivity index (χ3v) is 5.96. The number of nitrogens with one attached hydrogen (secondary N) is 1. The molecule has 2 saturated heterocycles. The lowest BCUT2D eigenvalue weighted by Crippen LogP contribution is -2.57. The van der Waals surface area contributed by atoms with Gasteiger partial charge in [0, 0.05) is 36.7 Å². The zero-order valence-electron chi connectivity index (χ0n) is 15.8. The monoisotopic (exact) mass is 406 g/mol. The topological polar surface area (TPSA) is 104 Å². The molecule has 2 atom stereocenters. The number of aliphatic hydroxyl groups excluding tert-OH is 1. The molecule has 152 valence electrons. The molecule has 9 heteroatoms. The summed E-state index contributed by atoms with van der Waals surface area (Å²) in [6.07, 6.45) is 2.83. The van der Waals surface area contributed by atoms with Gasteiger partial charge in [0.05, 0.1) is 19.3 Å². The van der Waals surface area contributed by atoms with Gasteiger partial charge in [-0.05, 0) is 37.0 Å². The standard InChI is InChI=1S/C19H27ClN6O2/c20-14-3-1-13(2-4-14)9-16-12-28-17(11-27)10-26(16)15-5-7-25(8-6-15)19-22-18(21)23-24-19/h1-4,15-17,27H,5-12H2,(H3,21,22,23,24)/t16-,17+/m0/s1. The van der Waals surface area contributed by atoms with E-state index in [4.69, 9.17) is 22.1 Å². The summed E-state index contributed by atoms with van der Waals surface area (Å²) in [7, 11) is 0. The van der Waals surface area contributed by atoms with Crippen molar-refractivity contribution in [1.29, 1.82) is 0 Å². The Morgan fingerprint density at radius 2 is 2.00 bits per heavy atom. The van der Waals surface area contributed by atoms with Crippen LogP contribution in [-0.4, -0.2) is 76.2 Å². The fraction of sp³-hybridized carbons (Fsp3) is 0.579. The molecule has 3 heterocycles. The fourth-order valence-electron chi connectivity index (χ4n) is 4.21. The predicted molar refractivity (Wildman–Crippen MR) is 109 cm³/mol. The average molecular weight is 407 g/mol. The highest BCUT2D eigenvalue weighted by Gasteiger charge is 2.35. The minimum Gasteiger partial charge on any atom is -0.394 e. The number of hydrogen-bond acceptors (Lipinski definition) is 7. The number of rotatable bonds is 5. The highest BCUT2D eigenvalue weighted by molar-refractivity contribution is 6.30. The average Bonchev–Trinajstić information content (AvgIpc) is 3.16. The summed E-state index contributed by atoms with van der Waals surface area (Å²) in [5.41, 5.74) is 6.90. The molecule has 0 spiro atoms. The molecule has 1 aromatic heterocycles. The first-order valence-corrected chi connectivity index (χ1v) is 10.2. The van der Waals surface area contributed by atoms with Gasteiger partial charge in [-0.2, -0.15) is 4.98 Å². The van der Waals surface area contributed by atoms with Gasteiger partial charge < -0.3 is 20.5 Å². The van der Waals surface area contributed by atoms with Crippen molar-refractivity contribution < 1.29 is 9.84 Å².